The van der Waals surface area contributed by atoms with Crippen LogP contribution in [0.3, 0.4) is 0 Å². The molecular weight excluding hydrogens is 268 g/mol. The number of carbonyl (C=O) groups is 1. The molecule has 0 saturated heterocycles. The molecule has 1 aliphatic rings. The lowest BCUT2D eigenvalue weighted by Crippen LogP contribution is -2.31. The number of aromatic nitrogens is 2. The monoisotopic (exact) mass is 292 g/mol. The van der Waals surface area contributed by atoms with Gasteiger partial charge in [0.25, 0.3) is 0 Å². The van der Waals surface area contributed by atoms with Crippen LogP contribution in [-0.2, 0) is 4.79 Å². The van der Waals surface area contributed by atoms with Crippen LogP contribution in [0.1, 0.15) is 44.9 Å². The van der Waals surface area contributed by atoms with Crippen molar-refractivity contribution >= 4 is 17.5 Å². The van der Waals surface area contributed by atoms with Crippen molar-refractivity contribution in [1.29, 1.82) is 0 Å². The second-order valence-electron chi connectivity index (χ2n) is 5.16. The number of nitrogens with one attached hydrogen (secondary N) is 2. The molecular formula is C14H24N6O. The SMILES string of the molecule is CCN(CC)C(=O)CCNc1cc(NN)nc(C2CC2)n1. The Morgan fingerprint density at radius 3 is 2.57 bits per heavy atom. The summed E-state index contributed by atoms with van der Waals surface area (Å²) in [5, 5.41) is 3.18. The number of hydrogen-bond acceptors (Lipinski definition) is 6. The average Bonchev–Trinajstić information content (AvgIpc) is 3.33. The van der Waals surface area contributed by atoms with Gasteiger partial charge in [-0.25, -0.2) is 15.8 Å². The van der Waals surface area contributed by atoms with Gasteiger partial charge in [-0.1, -0.05) is 0 Å². The number of carbonyl (C=O) groups excluding carboxylic acids is 1. The molecule has 0 radical (unpaired) electrons. The van der Waals surface area contributed by atoms with Crippen molar-refractivity contribution in [3.8, 4) is 0 Å². The minimum absolute atomic E-state index is 0.154. The first-order valence-electron chi connectivity index (χ1n) is 7.55. The molecule has 1 saturated carbocycles. The molecule has 1 aliphatic carbocycles. The summed E-state index contributed by atoms with van der Waals surface area (Å²) >= 11 is 0. The molecule has 116 valence electrons. The van der Waals surface area contributed by atoms with Gasteiger partial charge in [0.15, 0.2) is 0 Å². The van der Waals surface area contributed by atoms with E-state index in [0.29, 0.717) is 30.5 Å². The molecule has 2 rings (SSSR count). The van der Waals surface area contributed by atoms with Crippen molar-refractivity contribution in [3.63, 3.8) is 0 Å². The molecule has 1 aromatic heterocycles. The van der Waals surface area contributed by atoms with Crippen LogP contribution in [0, 0.1) is 0 Å². The Morgan fingerprint density at radius 2 is 2.00 bits per heavy atom. The summed E-state index contributed by atoms with van der Waals surface area (Å²) in [4.78, 5) is 22.6. The highest BCUT2D eigenvalue weighted by atomic mass is 16.2. The third-order valence-electron chi connectivity index (χ3n) is 3.59. The van der Waals surface area contributed by atoms with Gasteiger partial charge in [0.05, 0.1) is 0 Å². The van der Waals surface area contributed by atoms with Crippen LogP contribution >= 0.6 is 0 Å². The largest absolute Gasteiger partial charge is 0.369 e. The molecule has 7 nitrogen and oxygen atoms in total. The maximum absolute atomic E-state index is 11.9. The molecule has 21 heavy (non-hydrogen) atoms. The third-order valence-corrected chi connectivity index (χ3v) is 3.59. The van der Waals surface area contributed by atoms with Crippen LogP contribution in [-0.4, -0.2) is 40.4 Å². The van der Waals surface area contributed by atoms with E-state index in [-0.39, 0.29) is 5.91 Å². The van der Waals surface area contributed by atoms with Gasteiger partial charge in [0.1, 0.15) is 17.5 Å². The van der Waals surface area contributed by atoms with E-state index >= 15 is 0 Å². The van der Waals surface area contributed by atoms with Crippen LogP contribution < -0.4 is 16.6 Å². The number of anilines is 2. The summed E-state index contributed by atoms with van der Waals surface area (Å²) in [6, 6.07) is 1.76. The highest BCUT2D eigenvalue weighted by Gasteiger charge is 2.27. The van der Waals surface area contributed by atoms with Gasteiger partial charge >= 0.3 is 0 Å². The number of amides is 1. The summed E-state index contributed by atoms with van der Waals surface area (Å²) < 4.78 is 0. The second-order valence-corrected chi connectivity index (χ2v) is 5.16. The molecule has 0 unspecified atom stereocenters. The molecule has 4 N–H and O–H groups in total. The van der Waals surface area contributed by atoms with Crippen LogP contribution in [0.5, 0.6) is 0 Å². The average molecular weight is 292 g/mol. The highest BCUT2D eigenvalue weighted by molar-refractivity contribution is 5.76. The molecule has 0 aliphatic heterocycles. The standard InChI is InChI=1S/C14H24N6O/c1-3-20(4-2)13(21)7-8-16-11-9-12(19-15)18-14(17-11)10-5-6-10/h9-10H,3-8,15H2,1-2H3,(H2,16,17,18,19). The molecule has 1 heterocycles. The summed E-state index contributed by atoms with van der Waals surface area (Å²) in [5.74, 6) is 8.18. The normalized spacial score (nSPS) is 13.9. The van der Waals surface area contributed by atoms with Crippen molar-refractivity contribution in [3.05, 3.63) is 11.9 Å². The predicted octanol–water partition coefficient (Wildman–Crippen LogP) is 1.31. The lowest BCUT2D eigenvalue weighted by molar-refractivity contribution is -0.130. The zero-order chi connectivity index (χ0) is 15.2. The first-order chi connectivity index (χ1) is 10.2. The fraction of sp³-hybridized carbons (Fsp3) is 0.643. The first-order valence-corrected chi connectivity index (χ1v) is 7.55. The first kappa shape index (κ1) is 15.5. The van der Waals surface area contributed by atoms with Crippen LogP contribution in [0.25, 0.3) is 0 Å². The van der Waals surface area contributed by atoms with E-state index in [1.165, 1.54) is 0 Å². The van der Waals surface area contributed by atoms with Gasteiger partial charge in [-0.2, -0.15) is 0 Å². The van der Waals surface area contributed by atoms with E-state index in [1.54, 1.807) is 6.07 Å². The molecule has 7 heteroatoms. The molecule has 0 spiro atoms. The maximum Gasteiger partial charge on any atom is 0.224 e. The minimum Gasteiger partial charge on any atom is -0.369 e. The Hall–Kier alpha value is -1.89. The van der Waals surface area contributed by atoms with Gasteiger partial charge in [0, 0.05) is 38.0 Å². The lowest BCUT2D eigenvalue weighted by Gasteiger charge is -2.18. The Morgan fingerprint density at radius 1 is 1.33 bits per heavy atom. The molecule has 1 aromatic rings. The molecule has 1 amide bonds. The van der Waals surface area contributed by atoms with Gasteiger partial charge < -0.3 is 15.6 Å². The number of rotatable bonds is 8. The van der Waals surface area contributed by atoms with Gasteiger partial charge in [-0.05, 0) is 26.7 Å². The Balaban J connectivity index is 1.90. The van der Waals surface area contributed by atoms with Crippen molar-refractivity contribution in [1.82, 2.24) is 14.9 Å². The van der Waals surface area contributed by atoms with Crippen molar-refractivity contribution < 1.29 is 4.79 Å². The van der Waals surface area contributed by atoms with Gasteiger partial charge in [-0.3, -0.25) is 4.79 Å². The van der Waals surface area contributed by atoms with Crippen molar-refractivity contribution in [2.75, 3.05) is 30.4 Å². The fourth-order valence-electron chi connectivity index (χ4n) is 2.19. The van der Waals surface area contributed by atoms with E-state index in [1.807, 2.05) is 18.7 Å². The fourth-order valence-corrected chi connectivity index (χ4v) is 2.19. The number of hydrazine groups is 1. The predicted molar refractivity (Wildman–Crippen MR) is 82.9 cm³/mol. The van der Waals surface area contributed by atoms with E-state index in [0.717, 1.165) is 31.8 Å². The maximum atomic E-state index is 11.9. The molecule has 0 atom stereocenters. The van der Waals surface area contributed by atoms with E-state index in [2.05, 4.69) is 20.7 Å². The Kier molecular flexibility index (Phi) is 5.32. The summed E-state index contributed by atoms with van der Waals surface area (Å²) in [7, 11) is 0. The lowest BCUT2D eigenvalue weighted by atomic mass is 10.3. The number of nitrogen functional groups attached to an aromatic ring is 1. The van der Waals surface area contributed by atoms with Crippen LogP contribution in [0.2, 0.25) is 0 Å². The van der Waals surface area contributed by atoms with Gasteiger partial charge in [-0.15, -0.1) is 0 Å². The molecule has 0 aromatic carbocycles. The van der Waals surface area contributed by atoms with E-state index in [9.17, 15) is 4.79 Å². The molecule has 0 bridgehead atoms. The van der Waals surface area contributed by atoms with Crippen LogP contribution in [0.4, 0.5) is 11.6 Å². The van der Waals surface area contributed by atoms with Gasteiger partial charge in [0.2, 0.25) is 5.91 Å². The smallest absolute Gasteiger partial charge is 0.224 e. The number of nitrogens with two attached hydrogens (primary N) is 1. The van der Waals surface area contributed by atoms with E-state index < -0.39 is 0 Å². The summed E-state index contributed by atoms with van der Waals surface area (Å²) in [6.45, 7) is 6.02. The summed E-state index contributed by atoms with van der Waals surface area (Å²) in [5.41, 5.74) is 2.56. The van der Waals surface area contributed by atoms with Crippen molar-refractivity contribution in [2.45, 2.75) is 39.0 Å². The topological polar surface area (TPSA) is 96.2 Å². The second kappa shape index (κ2) is 7.21. The Labute approximate surface area is 125 Å². The molecule has 1 fully saturated rings. The zero-order valence-corrected chi connectivity index (χ0v) is 12.7. The number of hydrogen-bond donors (Lipinski definition) is 3. The quantitative estimate of drug-likeness (QED) is 0.494. The Bertz CT molecular complexity index is 484. The minimum atomic E-state index is 0.154. The van der Waals surface area contributed by atoms with Crippen LogP contribution in [0.15, 0.2) is 6.07 Å². The van der Waals surface area contributed by atoms with E-state index in [4.69, 9.17) is 5.84 Å². The number of nitrogens with zero attached hydrogens (tertiary/aromatic N) is 3. The third kappa shape index (κ3) is 4.29. The van der Waals surface area contributed by atoms with Crippen molar-refractivity contribution in [2.24, 2.45) is 5.84 Å². The summed E-state index contributed by atoms with van der Waals surface area (Å²) in [6.07, 6.45) is 2.72. The highest BCUT2D eigenvalue weighted by Crippen LogP contribution is 2.38. The zero-order valence-electron chi connectivity index (χ0n) is 12.7.